The van der Waals surface area contributed by atoms with Gasteiger partial charge in [0.05, 0.1) is 5.52 Å². The van der Waals surface area contributed by atoms with Crippen LogP contribution in [0.4, 0.5) is 0 Å². The average molecular weight is 194 g/mol. The highest BCUT2D eigenvalue weighted by Crippen LogP contribution is 2.18. The fourth-order valence-corrected chi connectivity index (χ4v) is 1.28. The van der Waals surface area contributed by atoms with Gasteiger partial charge in [-0.15, -0.1) is 0 Å². The van der Waals surface area contributed by atoms with E-state index in [2.05, 4.69) is 4.98 Å². The molecule has 2 rings (SSSR count). The number of nitrogens with zero attached hydrogens (tertiary/aromatic N) is 3. The quantitative estimate of drug-likeness (QED) is 0.649. The Balaban J connectivity index is 2.87. The Labute approximate surface area is 78.6 Å². The summed E-state index contributed by atoms with van der Waals surface area (Å²) in [5.74, 6) is -0.0442. The summed E-state index contributed by atoms with van der Waals surface area (Å²) in [6.45, 7) is 0. The molecule has 0 radical (unpaired) electrons. The van der Waals surface area contributed by atoms with Gasteiger partial charge in [0.25, 0.3) is 0 Å². The number of hydrogen-bond donors (Lipinski definition) is 1. The number of fused-ring (bicyclic) bond motifs is 1. The number of rotatable bonds is 0. The highest BCUT2D eigenvalue weighted by atomic mass is 35.5. The van der Waals surface area contributed by atoms with E-state index >= 15 is 0 Å². The minimum absolute atomic E-state index is 0.0442. The van der Waals surface area contributed by atoms with Gasteiger partial charge in [-0.2, -0.15) is 9.99 Å². The molecule has 0 fully saturated rings. The minimum Gasteiger partial charge on any atom is -0.426 e. The molecule has 1 heterocycles. The van der Waals surface area contributed by atoms with E-state index in [0.717, 1.165) is 4.73 Å². The van der Waals surface area contributed by atoms with Gasteiger partial charge in [-0.3, -0.25) is 0 Å². The third-order valence-corrected chi connectivity index (χ3v) is 1.93. The van der Waals surface area contributed by atoms with Gasteiger partial charge in [-0.25, -0.2) is 4.98 Å². The highest BCUT2D eigenvalue weighted by Gasteiger charge is 2.08. The van der Waals surface area contributed by atoms with Gasteiger partial charge in [0.1, 0.15) is 11.6 Å². The maximum atomic E-state index is 9.39. The van der Waals surface area contributed by atoms with Crippen LogP contribution in [0.25, 0.3) is 11.0 Å². The van der Waals surface area contributed by atoms with E-state index in [1.54, 1.807) is 24.3 Å². The first-order valence-corrected chi connectivity index (χ1v) is 3.87. The van der Waals surface area contributed by atoms with Crippen LogP contribution in [0.3, 0.4) is 0 Å². The summed E-state index contributed by atoms with van der Waals surface area (Å²) >= 11 is 5.71. The Kier molecular flexibility index (Phi) is 1.61. The maximum absolute atomic E-state index is 9.39. The van der Waals surface area contributed by atoms with Crippen molar-refractivity contribution in [3.63, 3.8) is 0 Å². The molecule has 0 saturated carbocycles. The molecule has 0 spiro atoms. The van der Waals surface area contributed by atoms with E-state index in [1.165, 1.54) is 0 Å². The lowest BCUT2D eigenvalue weighted by molar-refractivity contribution is 0.195. The molecule has 64 valence electrons. The predicted octanol–water partition coefficient (Wildman–Crippen LogP) is 1.80. The van der Waals surface area contributed by atoms with Crippen LogP contribution in [0, 0.1) is 11.3 Å². The highest BCUT2D eigenvalue weighted by molar-refractivity contribution is 6.31. The number of imidazole rings is 1. The summed E-state index contributed by atoms with van der Waals surface area (Å²) in [6, 6.07) is 6.60. The normalized spacial score (nSPS) is 10.2. The lowest BCUT2D eigenvalue weighted by atomic mass is 10.3. The molecule has 1 aromatic carbocycles. The standard InChI is InChI=1S/C8H4ClN3O/c9-5-1-2-6-7(3-5)12(13)8(4-10)11-6/h1-3,13H. The molecule has 0 aliphatic carbocycles. The Bertz CT molecular complexity index is 512. The third kappa shape index (κ3) is 1.10. The van der Waals surface area contributed by atoms with Crippen molar-refractivity contribution in [2.45, 2.75) is 0 Å². The van der Waals surface area contributed by atoms with E-state index in [0.29, 0.717) is 16.1 Å². The molecule has 2 aromatic rings. The summed E-state index contributed by atoms with van der Waals surface area (Å²) in [5, 5.41) is 18.4. The van der Waals surface area contributed by atoms with Crippen LogP contribution in [0.5, 0.6) is 0 Å². The topological polar surface area (TPSA) is 61.8 Å². The second-order valence-corrected chi connectivity index (χ2v) is 2.93. The van der Waals surface area contributed by atoms with Crippen LogP contribution in [0.15, 0.2) is 18.2 Å². The largest absolute Gasteiger partial charge is 0.426 e. The zero-order chi connectivity index (χ0) is 9.42. The Morgan fingerprint density at radius 3 is 3.00 bits per heavy atom. The second kappa shape index (κ2) is 2.64. The van der Waals surface area contributed by atoms with Crippen molar-refractivity contribution in [2.75, 3.05) is 0 Å². The van der Waals surface area contributed by atoms with Crippen LogP contribution in [-0.4, -0.2) is 14.9 Å². The summed E-state index contributed by atoms with van der Waals surface area (Å²) in [6.07, 6.45) is 0. The zero-order valence-electron chi connectivity index (χ0n) is 6.40. The molecule has 5 heteroatoms. The minimum atomic E-state index is -0.0442. The Hall–Kier alpha value is -1.73. The van der Waals surface area contributed by atoms with Crippen molar-refractivity contribution >= 4 is 22.6 Å². The summed E-state index contributed by atoms with van der Waals surface area (Å²) in [4.78, 5) is 3.87. The molecule has 0 atom stereocenters. The Morgan fingerprint density at radius 1 is 1.54 bits per heavy atom. The molecule has 0 aliphatic heterocycles. The van der Waals surface area contributed by atoms with Gasteiger partial charge in [-0.05, 0) is 18.2 Å². The van der Waals surface area contributed by atoms with Crippen LogP contribution in [-0.2, 0) is 0 Å². The smallest absolute Gasteiger partial charge is 0.247 e. The van der Waals surface area contributed by atoms with E-state index in [-0.39, 0.29) is 5.82 Å². The number of halogens is 1. The fraction of sp³-hybridized carbons (Fsp3) is 0. The molecule has 0 aliphatic rings. The zero-order valence-corrected chi connectivity index (χ0v) is 7.15. The van der Waals surface area contributed by atoms with Gasteiger partial charge in [0, 0.05) is 5.02 Å². The lowest BCUT2D eigenvalue weighted by Crippen LogP contribution is -1.93. The molecule has 0 amide bonds. The molecule has 0 unspecified atom stereocenters. The number of nitriles is 1. The lowest BCUT2D eigenvalue weighted by Gasteiger charge is -1.93. The molecular weight excluding hydrogens is 190 g/mol. The summed E-state index contributed by atoms with van der Waals surface area (Å²) in [5.41, 5.74) is 0.979. The number of benzene rings is 1. The van der Waals surface area contributed by atoms with Crippen molar-refractivity contribution < 1.29 is 5.21 Å². The molecule has 1 aromatic heterocycles. The average Bonchev–Trinajstić information content (AvgIpc) is 2.44. The van der Waals surface area contributed by atoms with Gasteiger partial charge in [0.2, 0.25) is 5.82 Å². The van der Waals surface area contributed by atoms with Gasteiger partial charge < -0.3 is 5.21 Å². The molecule has 1 N–H and O–H groups in total. The first kappa shape index (κ1) is 7.90. The number of hydrogen-bond acceptors (Lipinski definition) is 3. The second-order valence-electron chi connectivity index (χ2n) is 2.49. The van der Waals surface area contributed by atoms with Crippen molar-refractivity contribution in [3.05, 3.63) is 29.0 Å². The first-order valence-electron chi connectivity index (χ1n) is 3.50. The SMILES string of the molecule is N#Cc1nc2ccc(Cl)cc2n1O. The van der Waals surface area contributed by atoms with Crippen LogP contribution < -0.4 is 0 Å². The summed E-state index contributed by atoms with van der Waals surface area (Å²) in [7, 11) is 0. The van der Waals surface area contributed by atoms with Crippen molar-refractivity contribution in [2.24, 2.45) is 0 Å². The fourth-order valence-electron chi connectivity index (χ4n) is 1.11. The van der Waals surface area contributed by atoms with Crippen LogP contribution in [0.2, 0.25) is 5.02 Å². The third-order valence-electron chi connectivity index (χ3n) is 1.69. The van der Waals surface area contributed by atoms with Crippen molar-refractivity contribution in [1.82, 2.24) is 9.71 Å². The monoisotopic (exact) mass is 193 g/mol. The van der Waals surface area contributed by atoms with E-state index in [9.17, 15) is 5.21 Å². The summed E-state index contributed by atoms with van der Waals surface area (Å²) < 4.78 is 0.723. The van der Waals surface area contributed by atoms with E-state index in [1.807, 2.05) is 0 Å². The van der Waals surface area contributed by atoms with Gasteiger partial charge >= 0.3 is 0 Å². The molecule has 13 heavy (non-hydrogen) atoms. The van der Waals surface area contributed by atoms with Crippen molar-refractivity contribution in [3.8, 4) is 6.07 Å². The van der Waals surface area contributed by atoms with Gasteiger partial charge in [0.15, 0.2) is 0 Å². The number of aromatic nitrogens is 2. The van der Waals surface area contributed by atoms with E-state index < -0.39 is 0 Å². The molecular formula is C8H4ClN3O. The van der Waals surface area contributed by atoms with Crippen LogP contribution in [0.1, 0.15) is 5.82 Å². The van der Waals surface area contributed by atoms with Crippen molar-refractivity contribution in [1.29, 1.82) is 5.26 Å². The maximum Gasteiger partial charge on any atom is 0.247 e. The molecule has 0 bridgehead atoms. The van der Waals surface area contributed by atoms with Gasteiger partial charge in [-0.1, -0.05) is 11.6 Å². The molecule has 4 nitrogen and oxygen atoms in total. The van der Waals surface area contributed by atoms with Crippen LogP contribution >= 0.6 is 11.6 Å². The predicted molar refractivity (Wildman–Crippen MR) is 46.6 cm³/mol. The molecule has 0 saturated heterocycles. The Morgan fingerprint density at radius 2 is 2.31 bits per heavy atom. The first-order chi connectivity index (χ1) is 6.22. The van der Waals surface area contributed by atoms with E-state index in [4.69, 9.17) is 16.9 Å².